The summed E-state index contributed by atoms with van der Waals surface area (Å²) in [6, 6.07) is 15.1. The number of piperidine rings is 1. The highest BCUT2D eigenvalue weighted by atomic mass is 32.1. The van der Waals surface area contributed by atoms with Crippen LogP contribution in [-0.4, -0.2) is 36.8 Å². The zero-order chi connectivity index (χ0) is 24.0. The zero-order valence-electron chi connectivity index (χ0n) is 21.3. The van der Waals surface area contributed by atoms with E-state index in [0.717, 1.165) is 23.3 Å². The number of rotatable bonds is 8. The lowest BCUT2D eigenvalue weighted by molar-refractivity contribution is 0.220. The van der Waals surface area contributed by atoms with Crippen molar-refractivity contribution in [1.82, 2.24) is 4.90 Å². The van der Waals surface area contributed by atoms with E-state index in [1.165, 1.54) is 104 Å². The molecule has 4 heteroatoms. The van der Waals surface area contributed by atoms with Gasteiger partial charge in [0.15, 0.2) is 0 Å². The first-order chi connectivity index (χ1) is 17.2. The summed E-state index contributed by atoms with van der Waals surface area (Å²) in [5.74, 6) is 1.45. The number of methoxy groups -OCH3 is 1. The van der Waals surface area contributed by atoms with E-state index in [9.17, 15) is 5.11 Å². The number of aryl methyl sites for hydroxylation is 1. The van der Waals surface area contributed by atoms with Gasteiger partial charge in [-0.05, 0) is 98.8 Å². The van der Waals surface area contributed by atoms with E-state index in [-0.39, 0.29) is 0 Å². The van der Waals surface area contributed by atoms with Crippen molar-refractivity contribution in [2.75, 3.05) is 26.7 Å². The Morgan fingerprint density at radius 1 is 0.943 bits per heavy atom. The first-order valence-corrected chi connectivity index (χ1v) is 14.6. The van der Waals surface area contributed by atoms with Gasteiger partial charge in [0.05, 0.1) is 7.11 Å². The van der Waals surface area contributed by atoms with Crippen LogP contribution in [0.5, 0.6) is 5.75 Å². The molecule has 1 unspecified atom stereocenters. The van der Waals surface area contributed by atoms with Gasteiger partial charge in [-0.2, -0.15) is 0 Å². The molecule has 2 heterocycles. The summed E-state index contributed by atoms with van der Waals surface area (Å²) in [6.45, 7) is 3.75. The maximum absolute atomic E-state index is 11.7. The van der Waals surface area contributed by atoms with Crippen LogP contribution in [0, 0.1) is 0 Å². The van der Waals surface area contributed by atoms with Crippen LogP contribution in [0.1, 0.15) is 97.8 Å². The average Bonchev–Trinajstić information content (AvgIpc) is 3.07. The van der Waals surface area contributed by atoms with Crippen LogP contribution in [0.4, 0.5) is 0 Å². The Hall–Kier alpha value is -1.88. The summed E-state index contributed by atoms with van der Waals surface area (Å²) >= 11 is 1.88. The molecule has 2 fully saturated rings. The van der Waals surface area contributed by atoms with Gasteiger partial charge in [0.1, 0.15) is 11.9 Å². The van der Waals surface area contributed by atoms with E-state index in [0.29, 0.717) is 5.92 Å². The molecule has 35 heavy (non-hydrogen) atoms. The van der Waals surface area contributed by atoms with Gasteiger partial charge in [-0.1, -0.05) is 56.4 Å². The van der Waals surface area contributed by atoms with E-state index in [1.54, 1.807) is 7.11 Å². The fraction of sp³-hybridized carbons (Fsp3) is 0.548. The molecule has 1 N–H and O–H groups in total. The lowest BCUT2D eigenvalue weighted by Crippen LogP contribution is -2.30. The lowest BCUT2D eigenvalue weighted by atomic mass is 9.90. The van der Waals surface area contributed by atoms with Crippen LogP contribution < -0.4 is 4.74 Å². The number of hydrogen-bond acceptors (Lipinski definition) is 4. The quantitative estimate of drug-likeness (QED) is 0.326. The predicted octanol–water partition coefficient (Wildman–Crippen LogP) is 7.85. The second kappa shape index (κ2) is 11.9. The summed E-state index contributed by atoms with van der Waals surface area (Å²) in [7, 11) is 1.73. The molecule has 0 radical (unpaired) electrons. The second-order valence-corrected chi connectivity index (χ2v) is 11.7. The maximum atomic E-state index is 11.7. The molecule has 1 saturated carbocycles. The summed E-state index contributed by atoms with van der Waals surface area (Å²) < 4.78 is 6.74. The van der Waals surface area contributed by atoms with E-state index in [4.69, 9.17) is 4.74 Å². The van der Waals surface area contributed by atoms with E-state index in [2.05, 4.69) is 41.3 Å². The zero-order valence-corrected chi connectivity index (χ0v) is 22.1. The van der Waals surface area contributed by atoms with Crippen LogP contribution >= 0.6 is 11.3 Å². The number of hydrogen-bond donors (Lipinski definition) is 1. The van der Waals surface area contributed by atoms with Gasteiger partial charge in [-0.25, -0.2) is 0 Å². The molecule has 1 aromatic heterocycles. The SMILES string of the molecule is COc1ccc2c(C(O)c3ccc(CCCN4CCCCC4)cc3)c(C3CCCCCC3)sc2c1. The summed E-state index contributed by atoms with van der Waals surface area (Å²) in [5.41, 5.74) is 3.52. The molecular weight excluding hydrogens is 450 g/mol. The molecule has 0 amide bonds. The highest BCUT2D eigenvalue weighted by Crippen LogP contribution is 2.46. The number of benzene rings is 2. The molecule has 1 aliphatic heterocycles. The number of nitrogens with zero attached hydrogens (tertiary/aromatic N) is 1. The Morgan fingerprint density at radius 3 is 2.37 bits per heavy atom. The minimum atomic E-state index is -0.585. The molecule has 1 atom stereocenters. The van der Waals surface area contributed by atoms with Crippen molar-refractivity contribution in [3.05, 3.63) is 64.0 Å². The van der Waals surface area contributed by atoms with E-state index < -0.39 is 6.10 Å². The fourth-order valence-electron chi connectivity index (χ4n) is 6.09. The third kappa shape index (κ3) is 5.93. The van der Waals surface area contributed by atoms with Crippen LogP contribution in [0.3, 0.4) is 0 Å². The minimum absolute atomic E-state index is 0.555. The predicted molar refractivity (Wildman–Crippen MR) is 148 cm³/mol. The van der Waals surface area contributed by atoms with Crippen molar-refractivity contribution in [3.63, 3.8) is 0 Å². The normalized spacial score (nSPS) is 19.0. The van der Waals surface area contributed by atoms with Gasteiger partial charge in [0.2, 0.25) is 0 Å². The van der Waals surface area contributed by atoms with Crippen molar-refractivity contribution < 1.29 is 9.84 Å². The largest absolute Gasteiger partial charge is 0.497 e. The Labute approximate surface area is 215 Å². The van der Waals surface area contributed by atoms with Crippen LogP contribution in [0.15, 0.2) is 42.5 Å². The number of likely N-dealkylation sites (tertiary alicyclic amines) is 1. The molecular formula is C31H41NO2S. The van der Waals surface area contributed by atoms with Gasteiger partial charge < -0.3 is 14.7 Å². The first-order valence-electron chi connectivity index (χ1n) is 13.8. The highest BCUT2D eigenvalue weighted by Gasteiger charge is 2.27. The van der Waals surface area contributed by atoms with Gasteiger partial charge >= 0.3 is 0 Å². The number of fused-ring (bicyclic) bond motifs is 1. The van der Waals surface area contributed by atoms with Crippen molar-refractivity contribution in [3.8, 4) is 5.75 Å². The summed E-state index contributed by atoms with van der Waals surface area (Å²) in [5, 5.41) is 12.9. The van der Waals surface area contributed by atoms with Crippen LogP contribution in [0.2, 0.25) is 0 Å². The first kappa shape index (κ1) is 24.8. The summed E-state index contributed by atoms with van der Waals surface area (Å²) in [4.78, 5) is 4.01. The van der Waals surface area contributed by atoms with Crippen molar-refractivity contribution >= 4 is 21.4 Å². The third-order valence-electron chi connectivity index (χ3n) is 8.15. The molecule has 0 bridgehead atoms. The molecule has 3 nitrogen and oxygen atoms in total. The molecule has 2 aromatic carbocycles. The molecule has 5 rings (SSSR count). The maximum Gasteiger partial charge on any atom is 0.120 e. The molecule has 0 spiro atoms. The van der Waals surface area contributed by atoms with Gasteiger partial charge in [0.25, 0.3) is 0 Å². The van der Waals surface area contributed by atoms with Crippen molar-refractivity contribution in [2.24, 2.45) is 0 Å². The van der Waals surface area contributed by atoms with Gasteiger partial charge in [-0.15, -0.1) is 11.3 Å². The Balaban J connectivity index is 1.35. The number of thiophene rings is 1. The van der Waals surface area contributed by atoms with Crippen LogP contribution in [0.25, 0.3) is 10.1 Å². The molecule has 1 saturated heterocycles. The second-order valence-electron chi connectivity index (χ2n) is 10.6. The third-order valence-corrected chi connectivity index (χ3v) is 9.48. The molecule has 1 aliphatic carbocycles. The minimum Gasteiger partial charge on any atom is -0.497 e. The van der Waals surface area contributed by atoms with Gasteiger partial charge in [-0.3, -0.25) is 0 Å². The molecule has 3 aromatic rings. The Kier molecular flexibility index (Phi) is 8.43. The van der Waals surface area contributed by atoms with Crippen molar-refractivity contribution in [1.29, 1.82) is 0 Å². The van der Waals surface area contributed by atoms with Crippen LogP contribution in [-0.2, 0) is 6.42 Å². The lowest BCUT2D eigenvalue weighted by Gasteiger charge is -2.26. The fourth-order valence-corrected chi connectivity index (χ4v) is 7.53. The van der Waals surface area contributed by atoms with E-state index in [1.807, 2.05) is 17.4 Å². The standard InChI is InChI=1S/C31H41NO2S/c1-34-26-17-18-27-28(22-26)35-31(25-11-5-2-3-6-12-25)29(27)30(33)24-15-13-23(14-16-24)10-9-21-32-19-7-4-8-20-32/h13-18,22,25,30,33H,2-12,19-21H2,1H3. The van der Waals surface area contributed by atoms with Crippen molar-refractivity contribution in [2.45, 2.75) is 82.7 Å². The summed E-state index contributed by atoms with van der Waals surface area (Å²) in [6.07, 6.45) is 13.6. The molecule has 2 aliphatic rings. The topological polar surface area (TPSA) is 32.7 Å². The number of aliphatic hydroxyl groups excluding tert-OH is 1. The monoisotopic (exact) mass is 491 g/mol. The Morgan fingerprint density at radius 2 is 1.66 bits per heavy atom. The number of ether oxygens (including phenoxy) is 1. The number of aliphatic hydroxyl groups is 1. The molecule has 188 valence electrons. The Bertz CT molecular complexity index is 1080. The van der Waals surface area contributed by atoms with Gasteiger partial charge in [0, 0.05) is 15.1 Å². The van der Waals surface area contributed by atoms with E-state index >= 15 is 0 Å². The average molecular weight is 492 g/mol. The smallest absolute Gasteiger partial charge is 0.120 e. The highest BCUT2D eigenvalue weighted by molar-refractivity contribution is 7.19.